The van der Waals surface area contributed by atoms with Crippen molar-refractivity contribution in [3.63, 3.8) is 0 Å². The van der Waals surface area contributed by atoms with Crippen LogP contribution < -0.4 is 5.32 Å². The van der Waals surface area contributed by atoms with Crippen LogP contribution in [0.15, 0.2) is 36.5 Å². The van der Waals surface area contributed by atoms with Crippen LogP contribution in [-0.4, -0.2) is 10.9 Å². The van der Waals surface area contributed by atoms with Crippen molar-refractivity contribution in [1.29, 1.82) is 0 Å². The van der Waals surface area contributed by atoms with Crippen LogP contribution in [-0.2, 0) is 0 Å². The van der Waals surface area contributed by atoms with Gasteiger partial charge in [0.25, 0.3) is 5.91 Å². The summed E-state index contributed by atoms with van der Waals surface area (Å²) in [6.45, 7) is 1.80. The molecule has 0 spiro atoms. The number of nitrogens with zero attached hydrogens (tertiary/aromatic N) is 1. The number of carbonyl (C=O) groups is 1. The van der Waals surface area contributed by atoms with Crippen LogP contribution in [0, 0.1) is 5.82 Å². The Labute approximate surface area is 125 Å². The summed E-state index contributed by atoms with van der Waals surface area (Å²) in [7, 11) is 0. The molecule has 1 aromatic heterocycles. The van der Waals surface area contributed by atoms with Gasteiger partial charge in [-0.1, -0.05) is 35.3 Å². The summed E-state index contributed by atoms with van der Waals surface area (Å²) < 4.78 is 12.8. The van der Waals surface area contributed by atoms with E-state index in [1.165, 1.54) is 24.4 Å². The molecule has 1 unspecified atom stereocenters. The Hall–Kier alpha value is -1.65. The molecule has 0 aliphatic heterocycles. The molecular weight excluding hydrogens is 302 g/mol. The first-order valence-corrected chi connectivity index (χ1v) is 6.60. The highest BCUT2D eigenvalue weighted by atomic mass is 35.5. The first-order valence-electron chi connectivity index (χ1n) is 5.84. The fraction of sp³-hybridized carbons (Fsp3) is 0.143. The molecule has 0 bridgehead atoms. The van der Waals surface area contributed by atoms with Crippen molar-refractivity contribution < 1.29 is 9.18 Å². The predicted octanol–water partition coefficient (Wildman–Crippen LogP) is 4.02. The van der Waals surface area contributed by atoms with Gasteiger partial charge in [0.1, 0.15) is 11.0 Å². The minimum Gasteiger partial charge on any atom is -0.345 e. The first-order chi connectivity index (χ1) is 9.47. The van der Waals surface area contributed by atoms with Gasteiger partial charge in [0.15, 0.2) is 0 Å². The molecule has 6 heteroatoms. The highest BCUT2D eigenvalue weighted by molar-refractivity contribution is 6.41. The van der Waals surface area contributed by atoms with Crippen molar-refractivity contribution in [2.45, 2.75) is 13.0 Å². The number of pyridine rings is 1. The van der Waals surface area contributed by atoms with Gasteiger partial charge in [-0.05, 0) is 30.7 Å². The largest absolute Gasteiger partial charge is 0.345 e. The Morgan fingerprint density at radius 1 is 1.30 bits per heavy atom. The van der Waals surface area contributed by atoms with Gasteiger partial charge in [0, 0.05) is 6.20 Å². The van der Waals surface area contributed by atoms with Gasteiger partial charge in [0.2, 0.25) is 0 Å². The monoisotopic (exact) mass is 312 g/mol. The summed E-state index contributed by atoms with van der Waals surface area (Å²) in [4.78, 5) is 15.8. The van der Waals surface area contributed by atoms with Crippen LogP contribution in [0.1, 0.15) is 28.9 Å². The lowest BCUT2D eigenvalue weighted by Crippen LogP contribution is -2.26. The van der Waals surface area contributed by atoms with E-state index in [-0.39, 0.29) is 27.9 Å². The number of nitrogens with one attached hydrogen (secondary N) is 1. The van der Waals surface area contributed by atoms with Crippen LogP contribution >= 0.6 is 23.2 Å². The fourth-order valence-corrected chi connectivity index (χ4v) is 1.93. The van der Waals surface area contributed by atoms with E-state index < -0.39 is 0 Å². The molecule has 0 saturated heterocycles. The third-order valence-corrected chi connectivity index (χ3v) is 3.46. The summed E-state index contributed by atoms with van der Waals surface area (Å²) in [6, 6.07) is 7.11. The number of hydrogen-bond donors (Lipinski definition) is 1. The Bertz CT molecular complexity index is 632. The van der Waals surface area contributed by atoms with E-state index in [9.17, 15) is 9.18 Å². The van der Waals surface area contributed by atoms with Crippen LogP contribution in [0.4, 0.5) is 4.39 Å². The van der Waals surface area contributed by atoms with E-state index in [4.69, 9.17) is 23.2 Å². The third kappa shape index (κ3) is 3.46. The molecule has 20 heavy (non-hydrogen) atoms. The van der Waals surface area contributed by atoms with E-state index in [0.717, 1.165) is 5.56 Å². The number of hydrogen-bond acceptors (Lipinski definition) is 2. The van der Waals surface area contributed by atoms with Crippen LogP contribution in [0.3, 0.4) is 0 Å². The number of benzene rings is 1. The van der Waals surface area contributed by atoms with Gasteiger partial charge in [-0.3, -0.25) is 4.79 Å². The van der Waals surface area contributed by atoms with Gasteiger partial charge < -0.3 is 5.32 Å². The van der Waals surface area contributed by atoms with Crippen molar-refractivity contribution in [3.8, 4) is 0 Å². The maximum Gasteiger partial charge on any atom is 0.253 e. The van der Waals surface area contributed by atoms with Gasteiger partial charge in [0.05, 0.1) is 16.6 Å². The Morgan fingerprint density at radius 3 is 2.55 bits per heavy atom. The number of halogens is 3. The molecule has 0 saturated carbocycles. The zero-order valence-electron chi connectivity index (χ0n) is 10.5. The van der Waals surface area contributed by atoms with Crippen molar-refractivity contribution in [2.24, 2.45) is 0 Å². The molecule has 3 nitrogen and oxygen atoms in total. The topological polar surface area (TPSA) is 42.0 Å². The molecule has 1 aromatic carbocycles. The summed E-state index contributed by atoms with van der Waals surface area (Å²) in [5, 5.41) is 3.14. The highest BCUT2D eigenvalue weighted by Gasteiger charge is 2.13. The van der Waals surface area contributed by atoms with Gasteiger partial charge in [-0.2, -0.15) is 0 Å². The smallest absolute Gasteiger partial charge is 0.253 e. The van der Waals surface area contributed by atoms with Crippen LogP contribution in [0.2, 0.25) is 10.2 Å². The Balaban J connectivity index is 2.10. The van der Waals surface area contributed by atoms with E-state index in [2.05, 4.69) is 10.3 Å². The summed E-state index contributed by atoms with van der Waals surface area (Å²) in [6.07, 6.45) is 1.35. The molecule has 1 amide bonds. The van der Waals surface area contributed by atoms with Crippen molar-refractivity contribution in [2.75, 3.05) is 0 Å². The molecule has 2 aromatic rings. The second kappa shape index (κ2) is 6.20. The van der Waals surface area contributed by atoms with Gasteiger partial charge >= 0.3 is 0 Å². The lowest BCUT2D eigenvalue weighted by molar-refractivity contribution is 0.0939. The summed E-state index contributed by atoms with van der Waals surface area (Å²) in [5.74, 6) is -0.645. The zero-order valence-corrected chi connectivity index (χ0v) is 12.0. The maximum absolute atomic E-state index is 12.8. The molecule has 1 N–H and O–H groups in total. The Morgan fingerprint density at radius 2 is 1.95 bits per heavy atom. The Kier molecular flexibility index (Phi) is 4.57. The molecule has 0 aliphatic carbocycles. The quantitative estimate of drug-likeness (QED) is 0.870. The third-order valence-electron chi connectivity index (χ3n) is 2.78. The number of aromatic nitrogens is 1. The lowest BCUT2D eigenvalue weighted by atomic mass is 10.1. The van der Waals surface area contributed by atoms with E-state index >= 15 is 0 Å². The molecular formula is C14H11Cl2FN2O. The van der Waals surface area contributed by atoms with Crippen molar-refractivity contribution >= 4 is 29.1 Å². The predicted molar refractivity (Wildman–Crippen MR) is 76.5 cm³/mol. The molecule has 1 atom stereocenters. The second-order valence-corrected chi connectivity index (χ2v) is 5.01. The summed E-state index contributed by atoms with van der Waals surface area (Å²) in [5.41, 5.74) is 1.11. The summed E-state index contributed by atoms with van der Waals surface area (Å²) >= 11 is 11.5. The van der Waals surface area contributed by atoms with E-state index in [1.54, 1.807) is 19.1 Å². The van der Waals surface area contributed by atoms with Crippen molar-refractivity contribution in [1.82, 2.24) is 10.3 Å². The average molecular weight is 313 g/mol. The fourth-order valence-electron chi connectivity index (χ4n) is 1.66. The molecule has 0 aliphatic rings. The molecule has 104 valence electrons. The zero-order chi connectivity index (χ0) is 14.7. The standard InChI is InChI=1S/C14H11Cl2FN2O/c1-8(9-2-4-11(17)5-3-9)19-14(20)10-6-12(15)13(16)18-7-10/h2-8H,1H3,(H,19,20). The van der Waals surface area contributed by atoms with E-state index in [1.807, 2.05) is 0 Å². The minimum absolute atomic E-state index is 0.148. The SMILES string of the molecule is CC(NC(=O)c1cnc(Cl)c(Cl)c1)c1ccc(F)cc1. The van der Waals surface area contributed by atoms with Gasteiger partial charge in [-0.25, -0.2) is 9.37 Å². The second-order valence-electron chi connectivity index (χ2n) is 4.24. The van der Waals surface area contributed by atoms with E-state index in [0.29, 0.717) is 5.56 Å². The van der Waals surface area contributed by atoms with Gasteiger partial charge in [-0.15, -0.1) is 0 Å². The van der Waals surface area contributed by atoms with Crippen LogP contribution in [0.25, 0.3) is 0 Å². The number of carbonyl (C=O) groups excluding carboxylic acids is 1. The van der Waals surface area contributed by atoms with Crippen LogP contribution in [0.5, 0.6) is 0 Å². The molecule has 1 heterocycles. The first kappa shape index (κ1) is 14.8. The number of rotatable bonds is 3. The van der Waals surface area contributed by atoms with Crippen molar-refractivity contribution in [3.05, 3.63) is 63.6 Å². The molecule has 2 rings (SSSR count). The average Bonchev–Trinajstić information content (AvgIpc) is 2.42. The number of amides is 1. The maximum atomic E-state index is 12.8. The minimum atomic E-state index is -0.326. The molecule has 0 radical (unpaired) electrons. The lowest BCUT2D eigenvalue weighted by Gasteiger charge is -2.14. The normalized spacial score (nSPS) is 12.0. The highest BCUT2D eigenvalue weighted by Crippen LogP contribution is 2.20. The molecule has 0 fully saturated rings.